The zero-order valence-electron chi connectivity index (χ0n) is 10.2. The maximum absolute atomic E-state index is 11.3. The Balaban J connectivity index is 4.21. The number of hydrogen-bond acceptors (Lipinski definition) is 5. The second-order valence-corrected chi connectivity index (χ2v) is 8.84. The van der Waals surface area contributed by atoms with Gasteiger partial charge < -0.3 is 5.32 Å². The predicted molar refractivity (Wildman–Crippen MR) is 66.1 cm³/mol. The van der Waals surface area contributed by atoms with Gasteiger partial charge in [-0.05, 0) is 13.8 Å². The standard InChI is InChI=1S/C9H21NO4S2/c1-5-16(13,14)7-9(3)10-8(2)6-15(4,11)12/h8-10H,5-7H2,1-4H3. The van der Waals surface area contributed by atoms with Crippen molar-refractivity contribution in [3.8, 4) is 0 Å². The summed E-state index contributed by atoms with van der Waals surface area (Å²) in [6.07, 6.45) is 1.17. The van der Waals surface area contributed by atoms with Gasteiger partial charge in [0.25, 0.3) is 0 Å². The van der Waals surface area contributed by atoms with E-state index in [1.165, 1.54) is 6.26 Å². The normalized spacial score (nSPS) is 17.0. The van der Waals surface area contributed by atoms with Crippen LogP contribution in [0.15, 0.2) is 0 Å². The molecule has 2 unspecified atom stereocenters. The Morgan fingerprint density at radius 2 is 1.44 bits per heavy atom. The van der Waals surface area contributed by atoms with Gasteiger partial charge >= 0.3 is 0 Å². The molecule has 0 aliphatic rings. The van der Waals surface area contributed by atoms with Crippen molar-refractivity contribution in [2.24, 2.45) is 0 Å². The summed E-state index contributed by atoms with van der Waals surface area (Å²) in [6.45, 7) is 5.07. The molecule has 98 valence electrons. The lowest BCUT2D eigenvalue weighted by atomic mass is 10.3. The Kier molecular flexibility index (Phi) is 5.92. The summed E-state index contributed by atoms with van der Waals surface area (Å²) in [4.78, 5) is 0. The molecule has 1 N–H and O–H groups in total. The van der Waals surface area contributed by atoms with Crippen molar-refractivity contribution in [1.29, 1.82) is 0 Å². The maximum Gasteiger partial charge on any atom is 0.151 e. The highest BCUT2D eigenvalue weighted by Gasteiger charge is 2.17. The fourth-order valence-electron chi connectivity index (χ4n) is 1.53. The molecule has 0 aliphatic carbocycles. The molecule has 2 atom stereocenters. The van der Waals surface area contributed by atoms with Gasteiger partial charge in [0.2, 0.25) is 0 Å². The SMILES string of the molecule is CCS(=O)(=O)CC(C)NC(C)CS(C)(=O)=O. The van der Waals surface area contributed by atoms with Crippen LogP contribution in [0.4, 0.5) is 0 Å². The molecule has 5 nitrogen and oxygen atoms in total. The first-order chi connectivity index (χ1) is 7.06. The Morgan fingerprint density at radius 1 is 1.00 bits per heavy atom. The van der Waals surface area contributed by atoms with E-state index in [1.54, 1.807) is 20.8 Å². The molecule has 16 heavy (non-hydrogen) atoms. The van der Waals surface area contributed by atoms with Crippen LogP contribution in [0, 0.1) is 0 Å². The van der Waals surface area contributed by atoms with E-state index in [1.807, 2.05) is 0 Å². The van der Waals surface area contributed by atoms with Crippen molar-refractivity contribution in [3.05, 3.63) is 0 Å². The molecule has 0 aliphatic heterocycles. The lowest BCUT2D eigenvalue weighted by Gasteiger charge is -2.18. The summed E-state index contributed by atoms with van der Waals surface area (Å²) in [5.41, 5.74) is 0. The van der Waals surface area contributed by atoms with E-state index in [4.69, 9.17) is 0 Å². The van der Waals surface area contributed by atoms with Crippen LogP contribution >= 0.6 is 0 Å². The van der Waals surface area contributed by atoms with Gasteiger partial charge in [0.15, 0.2) is 9.84 Å². The molecular formula is C9H21NO4S2. The van der Waals surface area contributed by atoms with Crippen LogP contribution in [-0.4, -0.2) is 52.4 Å². The van der Waals surface area contributed by atoms with Gasteiger partial charge in [-0.2, -0.15) is 0 Å². The molecule has 0 rings (SSSR count). The lowest BCUT2D eigenvalue weighted by molar-refractivity contribution is 0.505. The minimum atomic E-state index is -3.03. The van der Waals surface area contributed by atoms with Gasteiger partial charge in [-0.25, -0.2) is 16.8 Å². The van der Waals surface area contributed by atoms with E-state index >= 15 is 0 Å². The average Bonchev–Trinajstić information content (AvgIpc) is 1.98. The van der Waals surface area contributed by atoms with E-state index in [0.717, 1.165) is 0 Å². The van der Waals surface area contributed by atoms with Crippen LogP contribution in [0.1, 0.15) is 20.8 Å². The summed E-state index contributed by atoms with van der Waals surface area (Å²) in [7, 11) is -6.05. The second kappa shape index (κ2) is 5.97. The van der Waals surface area contributed by atoms with Crippen LogP contribution in [0.3, 0.4) is 0 Å². The molecule has 0 bridgehead atoms. The number of nitrogens with one attached hydrogen (secondary N) is 1. The third-order valence-electron chi connectivity index (χ3n) is 2.07. The van der Waals surface area contributed by atoms with E-state index in [9.17, 15) is 16.8 Å². The average molecular weight is 271 g/mol. The quantitative estimate of drug-likeness (QED) is 0.695. The first-order valence-electron chi connectivity index (χ1n) is 5.20. The summed E-state index contributed by atoms with van der Waals surface area (Å²) in [5, 5.41) is 2.97. The van der Waals surface area contributed by atoms with Crippen molar-refractivity contribution in [2.45, 2.75) is 32.9 Å². The Morgan fingerprint density at radius 3 is 1.81 bits per heavy atom. The fourth-order valence-corrected chi connectivity index (χ4v) is 3.63. The molecule has 0 saturated carbocycles. The summed E-state index contributed by atoms with van der Waals surface area (Å²) in [5.74, 6) is 0.167. The highest BCUT2D eigenvalue weighted by molar-refractivity contribution is 7.91. The van der Waals surface area contributed by atoms with Gasteiger partial charge in [0.05, 0.1) is 11.5 Å². The minimum Gasteiger partial charge on any atom is -0.310 e. The molecule has 0 saturated heterocycles. The van der Waals surface area contributed by atoms with Crippen molar-refractivity contribution >= 4 is 19.7 Å². The van der Waals surface area contributed by atoms with E-state index in [2.05, 4.69) is 5.32 Å². The van der Waals surface area contributed by atoms with Gasteiger partial charge in [-0.1, -0.05) is 6.92 Å². The van der Waals surface area contributed by atoms with Crippen LogP contribution in [0.2, 0.25) is 0 Å². The predicted octanol–water partition coefficient (Wildman–Crippen LogP) is -0.168. The van der Waals surface area contributed by atoms with Crippen LogP contribution in [0.25, 0.3) is 0 Å². The fraction of sp³-hybridized carbons (Fsp3) is 1.00. The van der Waals surface area contributed by atoms with Crippen LogP contribution in [0.5, 0.6) is 0 Å². The van der Waals surface area contributed by atoms with E-state index < -0.39 is 19.7 Å². The highest BCUT2D eigenvalue weighted by atomic mass is 32.2. The van der Waals surface area contributed by atoms with Gasteiger partial charge in [-0.3, -0.25) is 0 Å². The van der Waals surface area contributed by atoms with Crippen molar-refractivity contribution in [2.75, 3.05) is 23.5 Å². The number of rotatable bonds is 7. The number of sulfone groups is 2. The zero-order chi connectivity index (χ0) is 13.0. The first kappa shape index (κ1) is 15.9. The minimum absolute atomic E-state index is 0.0174. The molecule has 0 fully saturated rings. The highest BCUT2D eigenvalue weighted by Crippen LogP contribution is 1.98. The van der Waals surface area contributed by atoms with E-state index in [-0.39, 0.29) is 29.3 Å². The molecule has 0 aromatic carbocycles. The van der Waals surface area contributed by atoms with Gasteiger partial charge in [0.1, 0.15) is 9.84 Å². The largest absolute Gasteiger partial charge is 0.310 e. The van der Waals surface area contributed by atoms with Gasteiger partial charge in [0, 0.05) is 24.1 Å². The molecule has 0 amide bonds. The van der Waals surface area contributed by atoms with Crippen molar-refractivity contribution < 1.29 is 16.8 Å². The summed E-state index contributed by atoms with van der Waals surface area (Å²) >= 11 is 0. The Hall–Kier alpha value is -0.140. The monoisotopic (exact) mass is 271 g/mol. The summed E-state index contributed by atoms with van der Waals surface area (Å²) in [6, 6.07) is -0.473. The van der Waals surface area contributed by atoms with Crippen molar-refractivity contribution in [1.82, 2.24) is 5.32 Å². The molecule has 0 aromatic rings. The van der Waals surface area contributed by atoms with Gasteiger partial charge in [-0.15, -0.1) is 0 Å². The smallest absolute Gasteiger partial charge is 0.151 e. The van der Waals surface area contributed by atoms with Crippen LogP contribution < -0.4 is 5.32 Å². The third kappa shape index (κ3) is 8.06. The summed E-state index contributed by atoms with van der Waals surface area (Å²) < 4.78 is 44.6. The topological polar surface area (TPSA) is 80.3 Å². The molecule has 0 aromatic heterocycles. The molecule has 7 heteroatoms. The molecule has 0 radical (unpaired) electrons. The van der Waals surface area contributed by atoms with E-state index in [0.29, 0.717) is 0 Å². The molecule has 0 spiro atoms. The molecular weight excluding hydrogens is 250 g/mol. The lowest BCUT2D eigenvalue weighted by Crippen LogP contribution is -2.42. The molecule has 0 heterocycles. The Bertz CT molecular complexity index is 399. The second-order valence-electron chi connectivity index (χ2n) is 4.26. The van der Waals surface area contributed by atoms with Crippen LogP contribution in [-0.2, 0) is 19.7 Å². The maximum atomic E-state index is 11.3. The number of hydrogen-bond donors (Lipinski definition) is 1. The zero-order valence-corrected chi connectivity index (χ0v) is 11.9. The third-order valence-corrected chi connectivity index (χ3v) is 5.06. The first-order valence-corrected chi connectivity index (χ1v) is 9.08. The van der Waals surface area contributed by atoms with Crippen molar-refractivity contribution in [3.63, 3.8) is 0 Å². The Labute approximate surface area is 98.5 Å².